The summed E-state index contributed by atoms with van der Waals surface area (Å²) in [6.07, 6.45) is 0.409. The standard InChI is InChI=1S/C10H11N4O3/c11-10(12)14-6-1-2-8(16)7(5-6)9(17)13-3-4-15/h1-5,16H,(H,13,17)(H4,11,12,14). The number of carbonyl (C=O) groups is 2. The van der Waals surface area contributed by atoms with E-state index < -0.39 is 5.91 Å². The van der Waals surface area contributed by atoms with Gasteiger partial charge in [-0.2, -0.15) is 0 Å². The van der Waals surface area contributed by atoms with Crippen LogP contribution in [0.15, 0.2) is 18.2 Å². The van der Waals surface area contributed by atoms with Gasteiger partial charge in [-0.25, -0.2) is 0 Å². The zero-order valence-corrected chi connectivity index (χ0v) is 8.73. The number of guanidine groups is 1. The highest BCUT2D eigenvalue weighted by atomic mass is 16.3. The van der Waals surface area contributed by atoms with Gasteiger partial charge in [0.25, 0.3) is 5.91 Å². The van der Waals surface area contributed by atoms with E-state index in [1.807, 2.05) is 0 Å². The van der Waals surface area contributed by atoms with Crippen molar-refractivity contribution in [2.75, 3.05) is 5.32 Å². The minimum Gasteiger partial charge on any atom is -0.507 e. The lowest BCUT2D eigenvalue weighted by Gasteiger charge is -2.08. The molecule has 0 bridgehead atoms. The number of phenols is 1. The van der Waals surface area contributed by atoms with E-state index in [9.17, 15) is 14.7 Å². The second kappa shape index (κ2) is 5.50. The molecule has 0 saturated heterocycles. The third-order valence-electron chi connectivity index (χ3n) is 1.80. The average Bonchev–Trinajstić information content (AvgIpc) is 2.28. The van der Waals surface area contributed by atoms with E-state index in [-0.39, 0.29) is 17.3 Å². The molecule has 0 heterocycles. The minimum absolute atomic E-state index is 0.0330. The predicted octanol–water partition coefficient (Wildman–Crippen LogP) is -0.212. The quantitative estimate of drug-likeness (QED) is 0.213. The highest BCUT2D eigenvalue weighted by Crippen LogP contribution is 2.21. The molecule has 0 atom stereocenters. The Morgan fingerprint density at radius 1 is 1.47 bits per heavy atom. The number of benzene rings is 1. The topological polar surface area (TPSA) is 128 Å². The molecular weight excluding hydrogens is 224 g/mol. The Morgan fingerprint density at radius 3 is 2.76 bits per heavy atom. The fourth-order valence-electron chi connectivity index (χ4n) is 1.14. The molecule has 0 aliphatic heterocycles. The number of aromatic hydroxyl groups is 1. The van der Waals surface area contributed by atoms with Crippen LogP contribution in [0.25, 0.3) is 0 Å². The molecule has 1 amide bonds. The van der Waals surface area contributed by atoms with E-state index in [4.69, 9.17) is 11.1 Å². The molecule has 1 rings (SSSR count). The Morgan fingerprint density at radius 2 is 2.18 bits per heavy atom. The molecule has 89 valence electrons. The zero-order chi connectivity index (χ0) is 12.8. The lowest BCUT2D eigenvalue weighted by Crippen LogP contribution is -2.23. The lowest BCUT2D eigenvalue weighted by atomic mass is 10.1. The summed E-state index contributed by atoms with van der Waals surface area (Å²) < 4.78 is 0. The monoisotopic (exact) mass is 235 g/mol. The Hall–Kier alpha value is -2.57. The average molecular weight is 235 g/mol. The summed E-state index contributed by atoms with van der Waals surface area (Å²) in [4.78, 5) is 21.5. The maximum atomic E-state index is 11.5. The van der Waals surface area contributed by atoms with E-state index in [0.29, 0.717) is 12.0 Å². The van der Waals surface area contributed by atoms with Gasteiger partial charge < -0.3 is 26.3 Å². The third-order valence-corrected chi connectivity index (χ3v) is 1.80. The van der Waals surface area contributed by atoms with Gasteiger partial charge in [0.05, 0.1) is 5.56 Å². The summed E-state index contributed by atoms with van der Waals surface area (Å²) in [5.74, 6) is -1.17. The number of hydrogen-bond donors (Lipinski definition) is 5. The fraction of sp³-hybridized carbons (Fsp3) is 0. The van der Waals surface area contributed by atoms with Crippen LogP contribution in [0.3, 0.4) is 0 Å². The first kappa shape index (κ1) is 12.5. The highest BCUT2D eigenvalue weighted by Gasteiger charge is 2.11. The molecule has 1 aromatic rings. The largest absolute Gasteiger partial charge is 0.507 e. The number of anilines is 1. The van der Waals surface area contributed by atoms with Crippen LogP contribution in [0, 0.1) is 12.0 Å². The lowest BCUT2D eigenvalue weighted by molar-refractivity contribution is -0.105. The molecule has 7 heteroatoms. The molecule has 17 heavy (non-hydrogen) atoms. The SMILES string of the molecule is N=C(N)Nc1ccc(O)c(C(=O)N[CH]C=O)c1. The first-order chi connectivity index (χ1) is 8.04. The van der Waals surface area contributed by atoms with Gasteiger partial charge in [0.2, 0.25) is 0 Å². The van der Waals surface area contributed by atoms with Gasteiger partial charge in [-0.1, -0.05) is 0 Å². The molecular formula is C10H11N4O3. The van der Waals surface area contributed by atoms with Crippen LogP contribution in [-0.2, 0) is 4.79 Å². The normalized spacial score (nSPS) is 9.41. The molecule has 0 spiro atoms. The number of nitrogens with one attached hydrogen (secondary N) is 3. The van der Waals surface area contributed by atoms with Crippen LogP contribution in [0.5, 0.6) is 5.75 Å². The zero-order valence-electron chi connectivity index (χ0n) is 8.73. The third kappa shape index (κ3) is 3.49. The van der Waals surface area contributed by atoms with Crippen molar-refractivity contribution in [3.05, 3.63) is 30.3 Å². The van der Waals surface area contributed by atoms with E-state index in [2.05, 4.69) is 10.6 Å². The summed E-state index contributed by atoms with van der Waals surface area (Å²) in [5, 5.41) is 21.1. The van der Waals surface area contributed by atoms with Crippen LogP contribution in [0.2, 0.25) is 0 Å². The van der Waals surface area contributed by atoms with Gasteiger partial charge in [-0.3, -0.25) is 10.2 Å². The number of carbonyl (C=O) groups excluding carboxylic acids is 2. The summed E-state index contributed by atoms with van der Waals surface area (Å²) in [6.45, 7) is 0.910. The molecule has 0 aliphatic carbocycles. The van der Waals surface area contributed by atoms with Gasteiger partial charge in [0.15, 0.2) is 5.96 Å². The van der Waals surface area contributed by atoms with Gasteiger partial charge in [-0.05, 0) is 18.2 Å². The molecule has 1 radical (unpaired) electrons. The van der Waals surface area contributed by atoms with Crippen LogP contribution in [-0.4, -0.2) is 23.3 Å². The van der Waals surface area contributed by atoms with Crippen molar-refractivity contribution >= 4 is 23.8 Å². The molecule has 0 aromatic heterocycles. The number of phenolic OH excluding ortho intramolecular Hbond substituents is 1. The van der Waals surface area contributed by atoms with Crippen molar-refractivity contribution in [3.8, 4) is 5.75 Å². The number of rotatable bonds is 4. The van der Waals surface area contributed by atoms with Crippen molar-refractivity contribution in [2.45, 2.75) is 0 Å². The Labute approximate surface area is 97.1 Å². The van der Waals surface area contributed by atoms with Gasteiger partial charge >= 0.3 is 0 Å². The first-order valence-electron chi connectivity index (χ1n) is 4.56. The smallest absolute Gasteiger partial charge is 0.255 e. The van der Waals surface area contributed by atoms with E-state index >= 15 is 0 Å². The van der Waals surface area contributed by atoms with Crippen LogP contribution >= 0.6 is 0 Å². The maximum Gasteiger partial charge on any atom is 0.255 e. The molecule has 6 N–H and O–H groups in total. The minimum atomic E-state index is -0.637. The van der Waals surface area contributed by atoms with E-state index in [0.717, 1.165) is 6.54 Å². The molecule has 0 aliphatic rings. The van der Waals surface area contributed by atoms with Crippen molar-refractivity contribution < 1.29 is 14.7 Å². The summed E-state index contributed by atoms with van der Waals surface area (Å²) in [5.41, 5.74) is 5.47. The predicted molar refractivity (Wildman–Crippen MR) is 61.5 cm³/mol. The van der Waals surface area contributed by atoms with Crippen LogP contribution in [0.1, 0.15) is 10.4 Å². The molecule has 1 aromatic carbocycles. The second-order valence-electron chi connectivity index (χ2n) is 3.05. The summed E-state index contributed by atoms with van der Waals surface area (Å²) in [6, 6.07) is 4.04. The first-order valence-corrected chi connectivity index (χ1v) is 4.56. The fourth-order valence-corrected chi connectivity index (χ4v) is 1.14. The van der Waals surface area contributed by atoms with Crippen LogP contribution < -0.4 is 16.4 Å². The number of aldehydes is 1. The Balaban J connectivity index is 2.93. The molecule has 0 saturated carbocycles. The van der Waals surface area contributed by atoms with E-state index in [1.165, 1.54) is 18.2 Å². The Bertz CT molecular complexity index is 459. The highest BCUT2D eigenvalue weighted by molar-refractivity contribution is 6.00. The Kier molecular flexibility index (Phi) is 4.04. The summed E-state index contributed by atoms with van der Waals surface area (Å²) in [7, 11) is 0. The molecule has 0 fully saturated rings. The van der Waals surface area contributed by atoms with Crippen LogP contribution in [0.4, 0.5) is 5.69 Å². The van der Waals surface area contributed by atoms with Crippen molar-refractivity contribution in [3.63, 3.8) is 0 Å². The maximum absolute atomic E-state index is 11.5. The van der Waals surface area contributed by atoms with Crippen molar-refractivity contribution in [1.29, 1.82) is 5.41 Å². The van der Waals surface area contributed by atoms with Gasteiger partial charge in [0, 0.05) is 5.69 Å². The molecule has 0 unspecified atom stereocenters. The summed E-state index contributed by atoms with van der Waals surface area (Å²) >= 11 is 0. The van der Waals surface area contributed by atoms with Gasteiger partial charge in [-0.15, -0.1) is 0 Å². The number of nitrogens with two attached hydrogens (primary N) is 1. The number of hydrogen-bond acceptors (Lipinski definition) is 4. The second-order valence-corrected chi connectivity index (χ2v) is 3.05. The van der Waals surface area contributed by atoms with E-state index in [1.54, 1.807) is 0 Å². The van der Waals surface area contributed by atoms with Crippen molar-refractivity contribution in [2.24, 2.45) is 5.73 Å². The van der Waals surface area contributed by atoms with Crippen molar-refractivity contribution in [1.82, 2.24) is 5.32 Å². The van der Waals surface area contributed by atoms with Gasteiger partial charge in [0.1, 0.15) is 18.6 Å². The number of amides is 1. The molecule has 7 nitrogen and oxygen atoms in total.